The van der Waals surface area contributed by atoms with Crippen molar-refractivity contribution < 1.29 is 43.1 Å². The molecule has 0 radical (unpaired) electrons. The molecule has 5 aliphatic rings. The van der Waals surface area contributed by atoms with Crippen LogP contribution >= 0.6 is 7.82 Å². The Labute approximate surface area is 185 Å². The largest absolute Gasteiger partial charge is 0.470 e. The first-order chi connectivity index (χ1) is 14.6. The van der Waals surface area contributed by atoms with Crippen LogP contribution in [0.1, 0.15) is 46.5 Å². The van der Waals surface area contributed by atoms with Crippen molar-refractivity contribution in [3.05, 3.63) is 11.6 Å². The molecule has 4 fully saturated rings. The number of allylic oxidation sites excluding steroid dienone is 2. The molecule has 0 heterocycles. The molecule has 0 bridgehead atoms. The molecule has 0 amide bonds. The average Bonchev–Trinajstić information content (AvgIpc) is 2.88. The average molecular weight is 472 g/mol. The van der Waals surface area contributed by atoms with Gasteiger partial charge < -0.3 is 20.0 Å². The molecule has 10 heteroatoms. The van der Waals surface area contributed by atoms with Crippen molar-refractivity contribution in [3.8, 4) is 0 Å². The van der Waals surface area contributed by atoms with Crippen LogP contribution in [-0.4, -0.2) is 55.5 Å². The number of ketones is 2. The lowest BCUT2D eigenvalue weighted by atomic mass is 9.32. The van der Waals surface area contributed by atoms with Crippen molar-refractivity contribution >= 4 is 19.4 Å². The Hall–Kier alpha value is -0.960. The topological polar surface area (TPSA) is 141 Å². The maximum Gasteiger partial charge on any atom is 0.470 e. The number of alkyl halides is 1. The second-order valence-electron chi connectivity index (χ2n) is 11.1. The molecule has 4 unspecified atom stereocenters. The van der Waals surface area contributed by atoms with Crippen LogP contribution < -0.4 is 0 Å². The van der Waals surface area contributed by atoms with E-state index in [0.29, 0.717) is 19.3 Å². The first-order valence-electron chi connectivity index (χ1n) is 11.2. The summed E-state index contributed by atoms with van der Waals surface area (Å²) >= 11 is 0. The highest BCUT2D eigenvalue weighted by molar-refractivity contribution is 7.46. The monoisotopic (exact) mass is 472 g/mol. The van der Waals surface area contributed by atoms with Crippen molar-refractivity contribution in [1.29, 1.82) is 0 Å². The maximum absolute atomic E-state index is 17.1. The first-order valence-corrected chi connectivity index (χ1v) is 12.7. The minimum atomic E-state index is -4.92. The Morgan fingerprint density at radius 1 is 1.28 bits per heavy atom. The van der Waals surface area contributed by atoms with Crippen LogP contribution in [0.3, 0.4) is 0 Å². The third kappa shape index (κ3) is 2.33. The summed E-state index contributed by atoms with van der Waals surface area (Å²) in [6.07, 6.45) is 1.27. The number of phosphoric ester groups is 1. The van der Waals surface area contributed by atoms with Gasteiger partial charge in [0.05, 0.1) is 6.10 Å². The van der Waals surface area contributed by atoms with Gasteiger partial charge in [0.15, 0.2) is 5.78 Å². The molecule has 4 saturated carbocycles. The summed E-state index contributed by atoms with van der Waals surface area (Å²) in [7, 11) is -4.92. The second-order valence-corrected chi connectivity index (χ2v) is 12.3. The molecule has 5 rings (SSSR count). The molecule has 0 aromatic carbocycles. The number of aliphatic hydroxyl groups is 2. The smallest absolute Gasteiger partial charge is 0.390 e. The van der Waals surface area contributed by atoms with Gasteiger partial charge in [-0.25, -0.2) is 8.96 Å². The fourth-order valence-corrected chi connectivity index (χ4v) is 8.85. The minimum Gasteiger partial charge on any atom is -0.390 e. The summed E-state index contributed by atoms with van der Waals surface area (Å²) in [6.45, 7) is 4.16. The molecule has 178 valence electrons. The quantitative estimate of drug-likeness (QED) is 0.358. The zero-order valence-corrected chi connectivity index (χ0v) is 19.2. The van der Waals surface area contributed by atoms with Crippen molar-refractivity contribution in [3.63, 3.8) is 0 Å². The van der Waals surface area contributed by atoms with E-state index < -0.39 is 66.2 Å². The number of phosphoric acid groups is 1. The van der Waals surface area contributed by atoms with Crippen LogP contribution in [0.2, 0.25) is 0 Å². The summed E-state index contributed by atoms with van der Waals surface area (Å²) in [6, 6.07) is 0. The van der Waals surface area contributed by atoms with Crippen LogP contribution in [0.4, 0.5) is 4.39 Å². The van der Waals surface area contributed by atoms with Gasteiger partial charge in [0.25, 0.3) is 0 Å². The normalized spacial score (nSPS) is 53.8. The fourth-order valence-electron chi connectivity index (χ4n) is 8.57. The van der Waals surface area contributed by atoms with Crippen molar-refractivity contribution in [2.45, 2.75) is 63.8 Å². The van der Waals surface area contributed by atoms with E-state index in [2.05, 4.69) is 4.52 Å². The van der Waals surface area contributed by atoms with Gasteiger partial charge in [-0.05, 0) is 37.0 Å². The van der Waals surface area contributed by atoms with Gasteiger partial charge in [0.1, 0.15) is 23.7 Å². The van der Waals surface area contributed by atoms with Crippen molar-refractivity contribution in [2.24, 2.45) is 40.4 Å². The van der Waals surface area contributed by atoms with Crippen LogP contribution in [0.15, 0.2) is 11.6 Å². The highest BCUT2D eigenvalue weighted by Crippen LogP contribution is 2.77. The number of aliphatic hydroxyl groups excluding tert-OH is 1. The third-order valence-electron chi connectivity index (χ3n) is 10.2. The number of carbonyl (C=O) groups is 2. The Bertz CT molecular complexity index is 992. The molecule has 5 aliphatic carbocycles. The number of halogens is 1. The fraction of sp³-hybridized carbons (Fsp3) is 0.818. The Morgan fingerprint density at radius 3 is 2.53 bits per heavy atom. The summed E-state index contributed by atoms with van der Waals surface area (Å²) in [4.78, 5) is 43.0. The molecule has 0 aromatic heterocycles. The van der Waals surface area contributed by atoms with E-state index in [-0.39, 0.29) is 24.0 Å². The lowest BCUT2D eigenvalue weighted by molar-refractivity contribution is -0.255. The molecule has 10 atom stereocenters. The standard InChI is InChI=1S/C22H30FO8P/c1-10-6-13-11-4-5-12-18-14(7-15(18)24)20(12,3)21(11,23)16(25)8-19(13,2)22(10,27)17(26)9-31-32(28,29)30/h5,10-11,13-14,16,18,25,27H,4,6-9H2,1-3H3,(H2,28,29,30)/t10-,11?,13?,14?,16+,18?,19+,20-,21+,22+/m1/s1. The number of fused-ring (bicyclic) bond motifs is 8. The van der Waals surface area contributed by atoms with E-state index in [0.717, 1.165) is 5.57 Å². The first kappa shape index (κ1) is 22.8. The zero-order valence-electron chi connectivity index (χ0n) is 18.3. The highest BCUT2D eigenvalue weighted by Gasteiger charge is 2.81. The molecule has 4 N–H and O–H groups in total. The third-order valence-corrected chi connectivity index (χ3v) is 10.6. The van der Waals surface area contributed by atoms with E-state index in [1.54, 1.807) is 20.8 Å². The summed E-state index contributed by atoms with van der Waals surface area (Å²) in [5, 5.41) is 22.9. The van der Waals surface area contributed by atoms with Gasteiger partial charge in [-0.2, -0.15) is 0 Å². The van der Waals surface area contributed by atoms with Gasteiger partial charge in [-0.15, -0.1) is 0 Å². The van der Waals surface area contributed by atoms with Gasteiger partial charge in [0.2, 0.25) is 0 Å². The molecule has 0 aliphatic heterocycles. The van der Waals surface area contributed by atoms with E-state index in [9.17, 15) is 24.4 Å². The van der Waals surface area contributed by atoms with E-state index in [1.165, 1.54) is 0 Å². The van der Waals surface area contributed by atoms with Crippen LogP contribution in [0.25, 0.3) is 0 Å². The number of hydrogen-bond donors (Lipinski definition) is 4. The predicted octanol–water partition coefficient (Wildman–Crippen LogP) is 1.70. The molecular weight excluding hydrogens is 442 g/mol. The number of rotatable bonds is 4. The Morgan fingerprint density at radius 2 is 1.94 bits per heavy atom. The van der Waals surface area contributed by atoms with Gasteiger partial charge in [-0.1, -0.05) is 32.4 Å². The highest BCUT2D eigenvalue weighted by atomic mass is 31.2. The van der Waals surface area contributed by atoms with E-state index in [1.807, 2.05) is 6.08 Å². The van der Waals surface area contributed by atoms with Crippen LogP contribution in [0.5, 0.6) is 0 Å². The van der Waals surface area contributed by atoms with Crippen molar-refractivity contribution in [1.82, 2.24) is 0 Å². The zero-order chi connectivity index (χ0) is 23.6. The molecule has 8 nitrogen and oxygen atoms in total. The molecular formula is C22H30FO8P. The summed E-state index contributed by atoms with van der Waals surface area (Å²) in [5.74, 6) is -2.81. The lowest BCUT2D eigenvalue weighted by Gasteiger charge is -2.72. The Balaban J connectivity index is 1.53. The van der Waals surface area contributed by atoms with Crippen molar-refractivity contribution in [2.75, 3.05) is 6.61 Å². The lowest BCUT2D eigenvalue weighted by Crippen LogP contribution is -2.77. The van der Waals surface area contributed by atoms with Gasteiger partial charge >= 0.3 is 7.82 Å². The van der Waals surface area contributed by atoms with Crippen LogP contribution in [-0.2, 0) is 18.7 Å². The molecule has 0 saturated heterocycles. The van der Waals surface area contributed by atoms with Gasteiger partial charge in [0, 0.05) is 29.1 Å². The predicted molar refractivity (Wildman–Crippen MR) is 109 cm³/mol. The SMILES string of the molecule is C[C@@H]1CC2C3CC=C4C5C(=O)CC5[C@]4(C)[C@@]3(F)[C@@H](O)C[C@]2(C)[C@@]1(O)C(=O)COP(=O)(O)O. The van der Waals surface area contributed by atoms with E-state index >= 15 is 4.39 Å². The Kier molecular flexibility index (Phi) is 4.54. The summed E-state index contributed by atoms with van der Waals surface area (Å²) < 4.78 is 32.5. The second kappa shape index (κ2) is 6.37. The number of hydrogen-bond acceptors (Lipinski definition) is 6. The molecule has 32 heavy (non-hydrogen) atoms. The summed E-state index contributed by atoms with van der Waals surface area (Å²) in [5.41, 5.74) is -5.34. The number of carbonyl (C=O) groups excluding carboxylic acids is 2. The van der Waals surface area contributed by atoms with E-state index in [4.69, 9.17) is 9.79 Å². The number of Topliss-reactive ketones (excluding diaryl/α,β-unsaturated/α-hetero) is 2. The molecule has 0 aromatic rings. The van der Waals surface area contributed by atoms with Crippen LogP contribution in [0, 0.1) is 40.4 Å². The maximum atomic E-state index is 17.1. The van der Waals surface area contributed by atoms with Gasteiger partial charge in [-0.3, -0.25) is 14.1 Å². The minimum absolute atomic E-state index is 0.121. The molecule has 0 spiro atoms.